The van der Waals surface area contributed by atoms with Crippen molar-refractivity contribution in [3.63, 3.8) is 0 Å². The maximum Gasteiger partial charge on any atom is 0.328 e. The summed E-state index contributed by atoms with van der Waals surface area (Å²) >= 11 is 0. The summed E-state index contributed by atoms with van der Waals surface area (Å²) in [7, 11) is 3.41. The number of carbonyl (C=O) groups is 6. The molecule has 0 saturated carbocycles. The Labute approximate surface area is 309 Å². The summed E-state index contributed by atoms with van der Waals surface area (Å²) in [5.41, 5.74) is 0.987. The van der Waals surface area contributed by atoms with E-state index in [1.807, 2.05) is 0 Å². The van der Waals surface area contributed by atoms with Crippen molar-refractivity contribution in [2.24, 2.45) is 0 Å². The zero-order valence-corrected chi connectivity index (χ0v) is 29.5. The van der Waals surface area contributed by atoms with Gasteiger partial charge in [-0.3, -0.25) is 14.4 Å². The van der Waals surface area contributed by atoms with E-state index in [9.17, 15) is 44.1 Å². The van der Waals surface area contributed by atoms with E-state index in [0.717, 1.165) is 39.5 Å². The largest absolute Gasteiger partial charge is 0.508 e. The minimum atomic E-state index is -1.23. The van der Waals surface area contributed by atoms with Crippen LogP contribution in [0.15, 0.2) is 91.0 Å². The summed E-state index contributed by atoms with van der Waals surface area (Å²) in [5.74, 6) is -5.05. The average Bonchev–Trinajstić information content (AvgIpc) is 3.18. The third kappa shape index (κ3) is 11.0. The number of nitrogens with one attached hydrogen (secondary N) is 3. The Morgan fingerprint density at radius 3 is 0.870 bits per heavy atom. The highest BCUT2D eigenvalue weighted by Crippen LogP contribution is 2.18. The number of benzene rings is 4. The van der Waals surface area contributed by atoms with Gasteiger partial charge in [-0.2, -0.15) is 0 Å². The van der Waals surface area contributed by atoms with Crippen LogP contribution in [0.25, 0.3) is 0 Å². The number of methoxy groups -OCH3 is 3. The van der Waals surface area contributed by atoms with Gasteiger partial charge in [0.2, 0.25) is 0 Å². The van der Waals surface area contributed by atoms with E-state index in [1.165, 1.54) is 36.4 Å². The maximum atomic E-state index is 13.7. The predicted molar refractivity (Wildman–Crippen MR) is 192 cm³/mol. The minimum absolute atomic E-state index is 0.00620. The highest BCUT2D eigenvalue weighted by Gasteiger charge is 2.28. The number of phenolic OH excluding ortho intramolecular Hbond substituents is 3. The Kier molecular flexibility index (Phi) is 13.7. The van der Waals surface area contributed by atoms with Crippen LogP contribution in [-0.4, -0.2) is 90.4 Å². The molecule has 0 spiro atoms. The topological polar surface area (TPSA) is 227 Å². The first-order valence-corrected chi connectivity index (χ1v) is 16.4. The van der Waals surface area contributed by atoms with Gasteiger partial charge in [0, 0.05) is 36.0 Å². The van der Waals surface area contributed by atoms with E-state index < -0.39 is 53.8 Å². The number of phenols is 3. The molecule has 6 N–H and O–H groups in total. The van der Waals surface area contributed by atoms with Crippen molar-refractivity contribution in [3.05, 3.63) is 124 Å². The second kappa shape index (κ2) is 18.5. The van der Waals surface area contributed by atoms with E-state index in [1.54, 1.807) is 36.4 Å². The maximum absolute atomic E-state index is 13.7. The molecule has 4 aromatic carbocycles. The highest BCUT2D eigenvalue weighted by molar-refractivity contribution is 6.06. The average molecular weight is 742 g/mol. The van der Waals surface area contributed by atoms with Crippen LogP contribution in [-0.2, 0) is 47.9 Å². The van der Waals surface area contributed by atoms with Crippen LogP contribution in [0.1, 0.15) is 47.8 Å². The van der Waals surface area contributed by atoms with Gasteiger partial charge in [-0.1, -0.05) is 36.4 Å². The number of carbonyl (C=O) groups excluding carboxylic acids is 6. The van der Waals surface area contributed by atoms with Gasteiger partial charge in [0.15, 0.2) is 0 Å². The lowest BCUT2D eigenvalue weighted by molar-refractivity contribution is -0.143. The molecule has 0 heterocycles. The molecule has 0 aliphatic carbocycles. The lowest BCUT2D eigenvalue weighted by Crippen LogP contribution is -2.44. The quantitative estimate of drug-likeness (QED) is 0.0763. The zero-order chi connectivity index (χ0) is 39.4. The Morgan fingerprint density at radius 2 is 0.667 bits per heavy atom. The van der Waals surface area contributed by atoms with Crippen molar-refractivity contribution in [1.29, 1.82) is 0 Å². The van der Waals surface area contributed by atoms with Crippen molar-refractivity contribution < 1.29 is 58.3 Å². The number of ether oxygens (including phenoxy) is 3. The Hall–Kier alpha value is -6.90. The van der Waals surface area contributed by atoms with Crippen molar-refractivity contribution in [1.82, 2.24) is 16.0 Å². The first-order chi connectivity index (χ1) is 25.8. The molecule has 4 rings (SSSR count). The fraction of sp³-hybridized carbons (Fsp3) is 0.231. The summed E-state index contributed by atoms with van der Waals surface area (Å²) in [6.45, 7) is 0. The Morgan fingerprint density at radius 1 is 0.444 bits per heavy atom. The van der Waals surface area contributed by atoms with Crippen molar-refractivity contribution in [2.75, 3.05) is 21.3 Å². The molecule has 4 aromatic rings. The third-order valence-electron chi connectivity index (χ3n) is 8.22. The van der Waals surface area contributed by atoms with Gasteiger partial charge >= 0.3 is 17.9 Å². The molecular formula is C39H39N3O12. The minimum Gasteiger partial charge on any atom is -0.508 e. The Bertz CT molecular complexity index is 1740. The molecule has 0 fully saturated rings. The molecule has 0 radical (unpaired) electrons. The second-order valence-corrected chi connectivity index (χ2v) is 12.1. The molecular weight excluding hydrogens is 702 g/mol. The lowest BCUT2D eigenvalue weighted by Gasteiger charge is -2.20. The monoisotopic (exact) mass is 741 g/mol. The molecule has 15 heteroatoms. The fourth-order valence-electron chi connectivity index (χ4n) is 5.36. The third-order valence-corrected chi connectivity index (χ3v) is 8.22. The van der Waals surface area contributed by atoms with Crippen molar-refractivity contribution in [3.8, 4) is 17.2 Å². The zero-order valence-electron chi connectivity index (χ0n) is 29.5. The second-order valence-electron chi connectivity index (χ2n) is 12.1. The van der Waals surface area contributed by atoms with Crippen LogP contribution in [0.4, 0.5) is 0 Å². The van der Waals surface area contributed by atoms with Gasteiger partial charge in [-0.25, -0.2) is 14.4 Å². The molecule has 0 unspecified atom stereocenters. The van der Waals surface area contributed by atoms with Gasteiger partial charge in [-0.05, 0) is 71.3 Å². The van der Waals surface area contributed by atoms with Gasteiger partial charge in [0.1, 0.15) is 35.4 Å². The number of aromatic hydroxyl groups is 3. The SMILES string of the molecule is COC(=O)[C@H](Cc1ccc(O)cc1)NC(=O)c1cc(C(=O)N[C@@H](Cc2ccc(O)cc2)C(=O)OC)cc(C(=O)N[C@@H](Cc2ccc(O)cc2)C(=O)OC)c1. The summed E-state index contributed by atoms with van der Waals surface area (Å²) in [4.78, 5) is 79.5. The number of hydrogen-bond donors (Lipinski definition) is 6. The molecule has 0 bridgehead atoms. The van der Waals surface area contributed by atoms with Crippen LogP contribution in [0.3, 0.4) is 0 Å². The van der Waals surface area contributed by atoms with Crippen molar-refractivity contribution >= 4 is 35.6 Å². The summed E-state index contributed by atoms with van der Waals surface area (Å²) in [5, 5.41) is 36.6. The van der Waals surface area contributed by atoms with E-state index in [2.05, 4.69) is 16.0 Å². The van der Waals surface area contributed by atoms with Gasteiger partial charge in [0.05, 0.1) is 21.3 Å². The van der Waals surface area contributed by atoms with Crippen LogP contribution in [0.5, 0.6) is 17.2 Å². The molecule has 15 nitrogen and oxygen atoms in total. The molecule has 0 aliphatic rings. The standard InChI is InChI=1S/C39H39N3O12/c1-52-37(49)31(16-22-4-10-28(43)11-5-22)40-34(46)25-19-26(35(47)41-32(38(50)53-2)17-23-6-12-29(44)13-7-23)21-27(20-25)36(48)42-33(39(51)54-3)18-24-8-14-30(45)15-9-24/h4-15,19-21,31-33,43-45H,16-18H2,1-3H3,(H,40,46)(H,41,47)(H,42,48)/t31-,32-,33-/m0/s1. The molecule has 0 saturated heterocycles. The van der Waals surface area contributed by atoms with Crippen LogP contribution >= 0.6 is 0 Å². The summed E-state index contributed by atoms with van der Waals surface area (Å²) < 4.78 is 14.7. The lowest BCUT2D eigenvalue weighted by atomic mass is 10.0. The summed E-state index contributed by atoms with van der Waals surface area (Å²) in [6, 6.07) is 17.5. The molecule has 0 aliphatic heterocycles. The molecule has 0 aromatic heterocycles. The van der Waals surface area contributed by atoms with E-state index in [4.69, 9.17) is 14.2 Å². The van der Waals surface area contributed by atoms with Gasteiger partial charge in [0.25, 0.3) is 17.7 Å². The molecule has 54 heavy (non-hydrogen) atoms. The van der Waals surface area contributed by atoms with Crippen LogP contribution in [0.2, 0.25) is 0 Å². The van der Waals surface area contributed by atoms with Crippen LogP contribution < -0.4 is 16.0 Å². The number of hydrogen-bond acceptors (Lipinski definition) is 12. The first-order valence-electron chi connectivity index (χ1n) is 16.4. The first kappa shape index (κ1) is 39.9. The molecule has 3 atom stereocenters. The normalized spacial score (nSPS) is 12.3. The highest BCUT2D eigenvalue weighted by atomic mass is 16.5. The number of rotatable bonds is 15. The smallest absolute Gasteiger partial charge is 0.328 e. The Balaban J connectivity index is 1.69. The van der Waals surface area contributed by atoms with Crippen molar-refractivity contribution in [2.45, 2.75) is 37.4 Å². The van der Waals surface area contributed by atoms with Gasteiger partial charge < -0.3 is 45.5 Å². The fourth-order valence-corrected chi connectivity index (χ4v) is 5.36. The number of amides is 3. The number of esters is 3. The molecule has 3 amide bonds. The van der Waals surface area contributed by atoms with Crippen LogP contribution in [0, 0.1) is 0 Å². The van der Waals surface area contributed by atoms with E-state index in [-0.39, 0.29) is 53.2 Å². The summed E-state index contributed by atoms with van der Waals surface area (Å²) in [6.07, 6.45) is -0.118. The van der Waals surface area contributed by atoms with E-state index >= 15 is 0 Å². The molecule has 282 valence electrons. The predicted octanol–water partition coefficient (Wildman–Crippen LogP) is 2.35. The van der Waals surface area contributed by atoms with Gasteiger partial charge in [-0.15, -0.1) is 0 Å². The van der Waals surface area contributed by atoms with E-state index in [0.29, 0.717) is 16.7 Å².